The summed E-state index contributed by atoms with van der Waals surface area (Å²) in [4.78, 5) is 9.54. The van der Waals surface area contributed by atoms with Gasteiger partial charge in [-0.3, -0.25) is 0 Å². The zero-order chi connectivity index (χ0) is 13.5. The molecule has 2 heterocycles. The van der Waals surface area contributed by atoms with Gasteiger partial charge in [-0.2, -0.15) is 0 Å². The third kappa shape index (κ3) is 3.65. The van der Waals surface area contributed by atoms with Gasteiger partial charge in [0.15, 0.2) is 0 Å². The van der Waals surface area contributed by atoms with Gasteiger partial charge in [-0.1, -0.05) is 6.07 Å². The van der Waals surface area contributed by atoms with Crippen LogP contribution in [0.15, 0.2) is 23.8 Å². The maximum Gasteiger partial charge on any atom is 0.224 e. The van der Waals surface area contributed by atoms with E-state index in [2.05, 4.69) is 32.8 Å². The van der Waals surface area contributed by atoms with Crippen LogP contribution in [0.5, 0.6) is 11.8 Å². The van der Waals surface area contributed by atoms with Crippen LogP contribution < -0.4 is 14.8 Å². The molecule has 0 saturated carbocycles. The van der Waals surface area contributed by atoms with Gasteiger partial charge in [-0.05, 0) is 17.9 Å². The summed E-state index contributed by atoms with van der Waals surface area (Å²) in [5, 5.41) is 5.45. The lowest BCUT2D eigenvalue weighted by Crippen LogP contribution is -2.18. The monoisotopic (exact) mass is 279 g/mol. The zero-order valence-electron chi connectivity index (χ0n) is 11.0. The Morgan fingerprint density at radius 1 is 1.21 bits per heavy atom. The number of nitrogens with one attached hydrogen (secondary N) is 1. The van der Waals surface area contributed by atoms with E-state index in [1.807, 2.05) is 0 Å². The van der Waals surface area contributed by atoms with Gasteiger partial charge < -0.3 is 14.8 Å². The minimum absolute atomic E-state index is 0.551. The van der Waals surface area contributed by atoms with E-state index in [9.17, 15) is 0 Å². The van der Waals surface area contributed by atoms with Gasteiger partial charge in [0.1, 0.15) is 6.33 Å². The molecule has 1 N–H and O–H groups in total. The van der Waals surface area contributed by atoms with Crippen molar-refractivity contribution in [1.29, 1.82) is 0 Å². The normalized spacial score (nSPS) is 10.4. The molecule has 0 atom stereocenters. The Hall–Kier alpha value is -1.66. The standard InChI is InChI=1S/C13H17N3O2S/c1-17-12-11(13(18-2)16-9-15-12)8-14-6-5-10-4-3-7-19-10/h3-4,7,9,14H,5-6,8H2,1-2H3. The van der Waals surface area contributed by atoms with Crippen molar-refractivity contribution in [3.63, 3.8) is 0 Å². The topological polar surface area (TPSA) is 56.3 Å². The predicted molar refractivity (Wildman–Crippen MR) is 74.9 cm³/mol. The highest BCUT2D eigenvalue weighted by molar-refractivity contribution is 7.09. The van der Waals surface area contributed by atoms with Crippen molar-refractivity contribution in [2.75, 3.05) is 20.8 Å². The SMILES string of the molecule is COc1ncnc(OC)c1CNCCc1cccs1. The number of methoxy groups -OCH3 is 2. The average molecular weight is 279 g/mol. The molecule has 0 aliphatic carbocycles. The van der Waals surface area contributed by atoms with E-state index in [4.69, 9.17) is 9.47 Å². The van der Waals surface area contributed by atoms with E-state index in [0.29, 0.717) is 18.3 Å². The molecule has 0 saturated heterocycles. The third-order valence-corrected chi connectivity index (χ3v) is 3.62. The van der Waals surface area contributed by atoms with Crippen molar-refractivity contribution in [3.05, 3.63) is 34.3 Å². The van der Waals surface area contributed by atoms with Crippen LogP contribution in [0.25, 0.3) is 0 Å². The van der Waals surface area contributed by atoms with Gasteiger partial charge in [-0.15, -0.1) is 11.3 Å². The first kappa shape index (κ1) is 13.8. The molecule has 0 fully saturated rings. The number of hydrogen-bond acceptors (Lipinski definition) is 6. The van der Waals surface area contributed by atoms with Crippen molar-refractivity contribution >= 4 is 11.3 Å². The van der Waals surface area contributed by atoms with Gasteiger partial charge in [0, 0.05) is 18.0 Å². The van der Waals surface area contributed by atoms with Gasteiger partial charge >= 0.3 is 0 Å². The third-order valence-electron chi connectivity index (χ3n) is 2.68. The van der Waals surface area contributed by atoms with Crippen LogP contribution in [-0.4, -0.2) is 30.7 Å². The first-order valence-corrected chi connectivity index (χ1v) is 6.88. The van der Waals surface area contributed by atoms with E-state index in [1.54, 1.807) is 25.6 Å². The molecule has 0 spiro atoms. The van der Waals surface area contributed by atoms with Crippen LogP contribution in [0.4, 0.5) is 0 Å². The fourth-order valence-electron chi connectivity index (χ4n) is 1.76. The van der Waals surface area contributed by atoms with Crippen molar-refractivity contribution in [2.24, 2.45) is 0 Å². The summed E-state index contributed by atoms with van der Waals surface area (Å²) in [6, 6.07) is 4.20. The van der Waals surface area contributed by atoms with Crippen molar-refractivity contribution in [2.45, 2.75) is 13.0 Å². The lowest BCUT2D eigenvalue weighted by Gasteiger charge is -2.11. The molecule has 0 aliphatic heterocycles. The molecule has 0 aliphatic rings. The Labute approximate surface area is 116 Å². The number of rotatable bonds is 7. The van der Waals surface area contributed by atoms with Crippen molar-refractivity contribution in [1.82, 2.24) is 15.3 Å². The minimum Gasteiger partial charge on any atom is -0.481 e. The molecule has 0 aromatic carbocycles. The molecule has 2 aromatic rings. The van der Waals surface area contributed by atoms with Crippen molar-refractivity contribution < 1.29 is 9.47 Å². The average Bonchev–Trinajstić information content (AvgIpc) is 2.96. The molecule has 2 rings (SSSR count). The molecule has 102 valence electrons. The summed E-state index contributed by atoms with van der Waals surface area (Å²) >= 11 is 1.77. The molecule has 6 heteroatoms. The fourth-order valence-corrected chi connectivity index (χ4v) is 2.47. The fraction of sp³-hybridized carbons (Fsp3) is 0.385. The molecule has 2 aromatic heterocycles. The highest BCUT2D eigenvalue weighted by atomic mass is 32.1. The van der Waals surface area contributed by atoms with Crippen LogP contribution in [0.2, 0.25) is 0 Å². The molecular formula is C13H17N3O2S. The lowest BCUT2D eigenvalue weighted by atomic mass is 10.3. The molecule has 0 radical (unpaired) electrons. The van der Waals surface area contributed by atoms with E-state index >= 15 is 0 Å². The summed E-state index contributed by atoms with van der Waals surface area (Å²) in [5.74, 6) is 1.10. The summed E-state index contributed by atoms with van der Waals surface area (Å²) in [5.41, 5.74) is 0.846. The Kier molecular flexibility index (Phi) is 5.11. The Bertz CT molecular complexity index is 480. The summed E-state index contributed by atoms with van der Waals surface area (Å²) in [6.07, 6.45) is 2.45. The Morgan fingerprint density at radius 3 is 2.53 bits per heavy atom. The Morgan fingerprint density at radius 2 is 1.95 bits per heavy atom. The van der Waals surface area contributed by atoms with E-state index in [1.165, 1.54) is 11.2 Å². The first-order chi connectivity index (χ1) is 9.35. The van der Waals surface area contributed by atoms with E-state index < -0.39 is 0 Å². The lowest BCUT2D eigenvalue weighted by molar-refractivity contribution is 0.359. The Balaban J connectivity index is 1.91. The maximum absolute atomic E-state index is 5.22. The van der Waals surface area contributed by atoms with Crippen LogP contribution in [-0.2, 0) is 13.0 Å². The van der Waals surface area contributed by atoms with Crippen LogP contribution in [0.3, 0.4) is 0 Å². The number of thiophene rings is 1. The molecule has 5 nitrogen and oxygen atoms in total. The second-order valence-electron chi connectivity index (χ2n) is 3.88. The van der Waals surface area contributed by atoms with Crippen LogP contribution in [0, 0.1) is 0 Å². The first-order valence-electron chi connectivity index (χ1n) is 6.00. The zero-order valence-corrected chi connectivity index (χ0v) is 11.9. The van der Waals surface area contributed by atoms with Crippen molar-refractivity contribution in [3.8, 4) is 11.8 Å². The van der Waals surface area contributed by atoms with Gasteiger partial charge in [0.25, 0.3) is 0 Å². The summed E-state index contributed by atoms with van der Waals surface area (Å²) < 4.78 is 10.4. The van der Waals surface area contributed by atoms with Gasteiger partial charge in [0.2, 0.25) is 11.8 Å². The van der Waals surface area contributed by atoms with Crippen LogP contribution in [0.1, 0.15) is 10.4 Å². The maximum atomic E-state index is 5.22. The quantitative estimate of drug-likeness (QED) is 0.784. The predicted octanol–water partition coefficient (Wildman–Crippen LogP) is 1.89. The smallest absolute Gasteiger partial charge is 0.224 e. The molecule has 0 amide bonds. The van der Waals surface area contributed by atoms with E-state index in [0.717, 1.165) is 18.5 Å². The number of hydrogen-bond donors (Lipinski definition) is 1. The highest BCUT2D eigenvalue weighted by Crippen LogP contribution is 2.22. The number of aromatic nitrogens is 2. The minimum atomic E-state index is 0.551. The number of nitrogens with zero attached hydrogens (tertiary/aromatic N) is 2. The molecule has 19 heavy (non-hydrogen) atoms. The second-order valence-corrected chi connectivity index (χ2v) is 4.91. The highest BCUT2D eigenvalue weighted by Gasteiger charge is 2.11. The van der Waals surface area contributed by atoms with Crippen LogP contribution >= 0.6 is 11.3 Å². The molecule has 0 unspecified atom stereocenters. The second kappa shape index (κ2) is 7.06. The van der Waals surface area contributed by atoms with E-state index in [-0.39, 0.29) is 0 Å². The largest absolute Gasteiger partial charge is 0.481 e. The summed E-state index contributed by atoms with van der Waals surface area (Å²) in [7, 11) is 3.19. The van der Waals surface area contributed by atoms with Gasteiger partial charge in [-0.25, -0.2) is 9.97 Å². The number of ether oxygens (including phenoxy) is 2. The summed E-state index contributed by atoms with van der Waals surface area (Å²) in [6.45, 7) is 1.51. The molecule has 0 bridgehead atoms. The van der Waals surface area contributed by atoms with Gasteiger partial charge in [0.05, 0.1) is 19.8 Å². The molecular weight excluding hydrogens is 262 g/mol.